The molecule has 0 radical (unpaired) electrons. The molecule has 0 aromatic heterocycles. The number of benzene rings is 2. The normalized spacial score (nSPS) is 11.7. The minimum atomic E-state index is -1.49. The Balaban J connectivity index is 2.16. The lowest BCUT2D eigenvalue weighted by Gasteiger charge is -2.09. The van der Waals surface area contributed by atoms with E-state index < -0.39 is 24.4 Å². The van der Waals surface area contributed by atoms with E-state index in [1.54, 1.807) is 30.3 Å². The predicted molar refractivity (Wildman–Crippen MR) is 82.7 cm³/mol. The molecular formula is C16H16N2O4. The molecule has 0 spiro atoms. The number of nitrogens with one attached hydrogen (secondary N) is 1. The third-order valence-electron chi connectivity index (χ3n) is 3.05. The summed E-state index contributed by atoms with van der Waals surface area (Å²) in [4.78, 5) is 23.9. The summed E-state index contributed by atoms with van der Waals surface area (Å²) in [7, 11) is 0. The van der Waals surface area contributed by atoms with Crippen molar-refractivity contribution in [1.29, 1.82) is 0 Å². The first-order valence-corrected chi connectivity index (χ1v) is 6.61. The van der Waals surface area contributed by atoms with Crippen LogP contribution in [0.25, 0.3) is 0 Å². The van der Waals surface area contributed by atoms with Crippen molar-refractivity contribution in [3.63, 3.8) is 0 Å². The quantitative estimate of drug-likeness (QED) is 0.487. The number of amides is 1. The van der Waals surface area contributed by atoms with Crippen molar-refractivity contribution in [2.75, 3.05) is 17.7 Å². The monoisotopic (exact) mass is 300 g/mol. The molecule has 2 aromatic carbocycles. The highest BCUT2D eigenvalue weighted by Gasteiger charge is 2.17. The smallest absolute Gasteiger partial charge is 0.255 e. The number of nitrogen functional groups attached to an aromatic ring is 1. The van der Waals surface area contributed by atoms with Gasteiger partial charge in [0, 0.05) is 22.5 Å². The van der Waals surface area contributed by atoms with Crippen LogP contribution >= 0.6 is 0 Å². The molecule has 6 nitrogen and oxygen atoms in total. The second-order valence-corrected chi connectivity index (χ2v) is 4.72. The van der Waals surface area contributed by atoms with Crippen LogP contribution in [0.3, 0.4) is 0 Å². The Labute approximate surface area is 127 Å². The van der Waals surface area contributed by atoms with Gasteiger partial charge in [0.2, 0.25) is 0 Å². The highest BCUT2D eigenvalue weighted by Crippen LogP contribution is 2.14. The van der Waals surface area contributed by atoms with Crippen molar-refractivity contribution in [2.24, 2.45) is 0 Å². The number of aliphatic hydroxyl groups excluding tert-OH is 2. The van der Waals surface area contributed by atoms with Gasteiger partial charge in [0.05, 0.1) is 6.61 Å². The zero-order chi connectivity index (χ0) is 16.1. The minimum Gasteiger partial charge on any atom is -0.399 e. The Morgan fingerprint density at radius 3 is 2.36 bits per heavy atom. The fourth-order valence-electron chi connectivity index (χ4n) is 1.86. The predicted octanol–water partition coefficient (Wildman–Crippen LogP) is 1.06. The summed E-state index contributed by atoms with van der Waals surface area (Å²) < 4.78 is 0. The fourth-order valence-corrected chi connectivity index (χ4v) is 1.86. The number of carbonyl (C=O) groups is 2. The van der Waals surface area contributed by atoms with Gasteiger partial charge in [-0.15, -0.1) is 0 Å². The van der Waals surface area contributed by atoms with Crippen LogP contribution in [0.5, 0.6) is 0 Å². The number of hydrogen-bond acceptors (Lipinski definition) is 5. The summed E-state index contributed by atoms with van der Waals surface area (Å²) in [6.07, 6.45) is -1.49. The van der Waals surface area contributed by atoms with Crippen LogP contribution in [0.4, 0.5) is 11.4 Å². The van der Waals surface area contributed by atoms with Gasteiger partial charge in [0.15, 0.2) is 5.78 Å². The summed E-state index contributed by atoms with van der Waals surface area (Å²) in [5.74, 6) is -1.03. The first-order chi connectivity index (χ1) is 10.5. The zero-order valence-electron chi connectivity index (χ0n) is 11.7. The standard InChI is InChI=1S/C16H16N2O4/c17-12-4-6-13(7-5-12)18-16(22)11-3-1-2-10(8-11)15(21)14(20)9-19/h1-8,14,19-20H,9,17H2,(H,18,22). The zero-order valence-corrected chi connectivity index (χ0v) is 11.7. The van der Waals surface area contributed by atoms with Gasteiger partial charge in [0.25, 0.3) is 5.91 Å². The van der Waals surface area contributed by atoms with Gasteiger partial charge < -0.3 is 21.3 Å². The number of Topliss-reactive ketones (excluding diaryl/α,β-unsaturated/α-hetero) is 1. The second kappa shape index (κ2) is 6.84. The Hall–Kier alpha value is -2.70. The number of rotatable bonds is 5. The molecule has 1 amide bonds. The molecule has 6 heteroatoms. The van der Waals surface area contributed by atoms with Gasteiger partial charge in [-0.3, -0.25) is 9.59 Å². The number of ketones is 1. The van der Waals surface area contributed by atoms with Crippen LogP contribution in [0, 0.1) is 0 Å². The molecule has 1 unspecified atom stereocenters. The van der Waals surface area contributed by atoms with E-state index in [1.807, 2.05) is 0 Å². The Morgan fingerprint density at radius 1 is 1.09 bits per heavy atom. The van der Waals surface area contributed by atoms with Gasteiger partial charge >= 0.3 is 0 Å². The Kier molecular flexibility index (Phi) is 4.88. The van der Waals surface area contributed by atoms with E-state index in [9.17, 15) is 14.7 Å². The molecule has 114 valence electrons. The van der Waals surface area contributed by atoms with Gasteiger partial charge in [-0.2, -0.15) is 0 Å². The number of nitrogens with two attached hydrogens (primary N) is 1. The van der Waals surface area contributed by atoms with E-state index in [2.05, 4.69) is 5.32 Å². The molecule has 1 atom stereocenters. The molecule has 0 saturated heterocycles. The van der Waals surface area contributed by atoms with Crippen LogP contribution < -0.4 is 11.1 Å². The molecule has 0 aliphatic rings. The van der Waals surface area contributed by atoms with E-state index in [4.69, 9.17) is 10.8 Å². The van der Waals surface area contributed by atoms with Gasteiger partial charge in [-0.1, -0.05) is 12.1 Å². The van der Waals surface area contributed by atoms with Gasteiger partial charge in [-0.25, -0.2) is 0 Å². The number of carbonyl (C=O) groups excluding carboxylic acids is 2. The third kappa shape index (κ3) is 3.69. The van der Waals surface area contributed by atoms with Gasteiger partial charge in [0.1, 0.15) is 6.10 Å². The second-order valence-electron chi connectivity index (χ2n) is 4.72. The first-order valence-electron chi connectivity index (χ1n) is 6.61. The third-order valence-corrected chi connectivity index (χ3v) is 3.05. The van der Waals surface area contributed by atoms with E-state index in [1.165, 1.54) is 18.2 Å². The molecule has 2 aromatic rings. The van der Waals surface area contributed by atoms with E-state index >= 15 is 0 Å². The molecule has 2 rings (SSSR count). The molecule has 5 N–H and O–H groups in total. The van der Waals surface area contributed by atoms with E-state index in [-0.39, 0.29) is 11.1 Å². The molecule has 0 bridgehead atoms. The SMILES string of the molecule is Nc1ccc(NC(=O)c2cccc(C(=O)C(O)CO)c2)cc1. The maximum atomic E-state index is 12.1. The number of aliphatic hydroxyl groups is 2. The Bertz CT molecular complexity index is 683. The number of hydrogen-bond donors (Lipinski definition) is 4. The lowest BCUT2D eigenvalue weighted by atomic mass is 10.0. The largest absolute Gasteiger partial charge is 0.399 e. The van der Waals surface area contributed by atoms with Crippen LogP contribution in [0.2, 0.25) is 0 Å². The molecule has 0 aliphatic heterocycles. The average molecular weight is 300 g/mol. The van der Waals surface area contributed by atoms with Crippen LogP contribution in [-0.2, 0) is 0 Å². The summed E-state index contributed by atoms with van der Waals surface area (Å²) >= 11 is 0. The van der Waals surface area contributed by atoms with E-state index in [0.717, 1.165) is 0 Å². The molecule has 0 heterocycles. The van der Waals surface area contributed by atoms with E-state index in [0.29, 0.717) is 11.4 Å². The molecule has 22 heavy (non-hydrogen) atoms. The maximum Gasteiger partial charge on any atom is 0.255 e. The van der Waals surface area contributed by atoms with Crippen molar-refractivity contribution >= 4 is 23.1 Å². The number of anilines is 2. The summed E-state index contributed by atoms with van der Waals surface area (Å²) in [6.45, 7) is -0.666. The highest BCUT2D eigenvalue weighted by molar-refractivity contribution is 6.07. The van der Waals surface area contributed by atoms with Crippen LogP contribution in [-0.4, -0.2) is 34.6 Å². The van der Waals surface area contributed by atoms with Crippen molar-refractivity contribution in [1.82, 2.24) is 0 Å². The minimum absolute atomic E-state index is 0.159. The average Bonchev–Trinajstić information content (AvgIpc) is 2.55. The van der Waals surface area contributed by atoms with Crippen molar-refractivity contribution in [2.45, 2.75) is 6.10 Å². The topological polar surface area (TPSA) is 113 Å². The van der Waals surface area contributed by atoms with Gasteiger partial charge in [-0.05, 0) is 36.4 Å². The first kappa shape index (κ1) is 15.7. The molecular weight excluding hydrogens is 284 g/mol. The lowest BCUT2D eigenvalue weighted by Crippen LogP contribution is -2.24. The maximum absolute atomic E-state index is 12.1. The lowest BCUT2D eigenvalue weighted by molar-refractivity contribution is 0.0587. The van der Waals surface area contributed by atoms with Crippen LogP contribution in [0.15, 0.2) is 48.5 Å². The summed E-state index contributed by atoms with van der Waals surface area (Å²) in [6, 6.07) is 12.6. The van der Waals surface area contributed by atoms with Crippen molar-refractivity contribution < 1.29 is 19.8 Å². The summed E-state index contributed by atoms with van der Waals surface area (Å²) in [5.41, 5.74) is 7.16. The fraction of sp³-hybridized carbons (Fsp3) is 0.125. The highest BCUT2D eigenvalue weighted by atomic mass is 16.3. The Morgan fingerprint density at radius 2 is 1.73 bits per heavy atom. The molecule has 0 aliphatic carbocycles. The molecule has 0 fully saturated rings. The van der Waals surface area contributed by atoms with Crippen molar-refractivity contribution in [3.8, 4) is 0 Å². The van der Waals surface area contributed by atoms with Crippen molar-refractivity contribution in [3.05, 3.63) is 59.7 Å². The molecule has 0 saturated carbocycles. The summed E-state index contributed by atoms with van der Waals surface area (Å²) in [5, 5.41) is 20.8. The van der Waals surface area contributed by atoms with Crippen LogP contribution in [0.1, 0.15) is 20.7 Å².